The van der Waals surface area contributed by atoms with E-state index in [0.29, 0.717) is 18.0 Å². The molecule has 1 heterocycles. The first-order valence-electron chi connectivity index (χ1n) is 7.67. The summed E-state index contributed by atoms with van der Waals surface area (Å²) in [6.45, 7) is 0.533. The number of nitrogens with one attached hydrogen (secondary N) is 1. The second kappa shape index (κ2) is 6.88. The van der Waals surface area contributed by atoms with E-state index < -0.39 is 0 Å². The molecule has 23 heavy (non-hydrogen) atoms. The van der Waals surface area contributed by atoms with E-state index in [1.54, 1.807) is 0 Å². The average molecular weight is 327 g/mol. The molecule has 0 radical (unpaired) electrons. The van der Waals surface area contributed by atoms with Gasteiger partial charge in [-0.3, -0.25) is 4.79 Å². The number of amides is 1. The molecule has 0 aliphatic rings. The van der Waals surface area contributed by atoms with Crippen molar-refractivity contribution in [2.45, 2.75) is 19.4 Å². The van der Waals surface area contributed by atoms with Gasteiger partial charge in [0.2, 0.25) is 5.91 Å². The highest BCUT2D eigenvalue weighted by Gasteiger charge is 2.08. The van der Waals surface area contributed by atoms with Gasteiger partial charge in [-0.15, -0.1) is 0 Å². The summed E-state index contributed by atoms with van der Waals surface area (Å²) in [7, 11) is 2.03. The van der Waals surface area contributed by atoms with Crippen molar-refractivity contribution >= 4 is 28.4 Å². The van der Waals surface area contributed by atoms with Crippen LogP contribution in [-0.4, -0.2) is 10.5 Å². The molecule has 0 bridgehead atoms. The van der Waals surface area contributed by atoms with Gasteiger partial charge in [-0.2, -0.15) is 0 Å². The van der Waals surface area contributed by atoms with Crippen molar-refractivity contribution < 1.29 is 4.79 Å². The Kier molecular flexibility index (Phi) is 4.68. The Hall–Kier alpha value is -2.26. The van der Waals surface area contributed by atoms with Crippen LogP contribution in [0, 0.1) is 0 Å². The molecule has 0 aliphatic heterocycles. The minimum absolute atomic E-state index is 0.0629. The van der Waals surface area contributed by atoms with Gasteiger partial charge in [0.15, 0.2) is 0 Å². The molecule has 0 saturated carbocycles. The Morgan fingerprint density at radius 2 is 1.87 bits per heavy atom. The van der Waals surface area contributed by atoms with Gasteiger partial charge < -0.3 is 9.88 Å². The van der Waals surface area contributed by atoms with Crippen LogP contribution in [0.15, 0.2) is 54.7 Å². The lowest BCUT2D eigenvalue weighted by atomic mass is 10.1. The smallest absolute Gasteiger partial charge is 0.220 e. The van der Waals surface area contributed by atoms with E-state index in [9.17, 15) is 4.79 Å². The summed E-state index contributed by atoms with van der Waals surface area (Å²) in [4.78, 5) is 12.1. The maximum atomic E-state index is 12.1. The van der Waals surface area contributed by atoms with E-state index in [1.807, 2.05) is 43.4 Å². The quantitative estimate of drug-likeness (QED) is 0.753. The van der Waals surface area contributed by atoms with Crippen LogP contribution < -0.4 is 5.32 Å². The number of nitrogens with zero attached hydrogens (tertiary/aromatic N) is 1. The van der Waals surface area contributed by atoms with E-state index in [-0.39, 0.29) is 5.91 Å². The van der Waals surface area contributed by atoms with E-state index >= 15 is 0 Å². The molecule has 3 rings (SSSR count). The van der Waals surface area contributed by atoms with Crippen molar-refractivity contribution in [1.29, 1.82) is 0 Å². The topological polar surface area (TPSA) is 34.0 Å². The highest BCUT2D eigenvalue weighted by Crippen LogP contribution is 2.21. The van der Waals surface area contributed by atoms with Crippen LogP contribution in [0.4, 0.5) is 0 Å². The largest absolute Gasteiger partial charge is 0.352 e. The molecule has 2 aromatic carbocycles. The molecule has 0 unspecified atom stereocenters. The van der Waals surface area contributed by atoms with Gasteiger partial charge >= 0.3 is 0 Å². The fourth-order valence-corrected chi connectivity index (χ4v) is 2.89. The standard InChI is InChI=1S/C19H19ClN2O/c1-22-13-15(17-4-2-3-5-18(17)22)8-11-19(23)21-12-14-6-9-16(20)10-7-14/h2-7,9-10,13H,8,11-12H2,1H3,(H,21,23). The van der Waals surface area contributed by atoms with Crippen LogP contribution in [0.5, 0.6) is 0 Å². The van der Waals surface area contributed by atoms with Crippen LogP contribution >= 0.6 is 11.6 Å². The molecule has 4 heteroatoms. The van der Waals surface area contributed by atoms with Crippen molar-refractivity contribution in [3.05, 3.63) is 70.9 Å². The summed E-state index contributed by atoms with van der Waals surface area (Å²) in [6.07, 6.45) is 3.34. The molecule has 0 aliphatic carbocycles. The van der Waals surface area contributed by atoms with Gasteiger partial charge in [-0.1, -0.05) is 41.9 Å². The summed E-state index contributed by atoms with van der Waals surface area (Å²) in [5, 5.41) is 4.88. The van der Waals surface area contributed by atoms with Crippen LogP contribution in [0.1, 0.15) is 17.5 Å². The molecule has 118 valence electrons. The van der Waals surface area contributed by atoms with Crippen molar-refractivity contribution in [3.8, 4) is 0 Å². The van der Waals surface area contributed by atoms with Gasteiger partial charge in [0.1, 0.15) is 0 Å². The number of fused-ring (bicyclic) bond motifs is 1. The van der Waals surface area contributed by atoms with E-state index in [1.165, 1.54) is 16.5 Å². The minimum Gasteiger partial charge on any atom is -0.352 e. The summed E-state index contributed by atoms with van der Waals surface area (Å²) >= 11 is 5.85. The van der Waals surface area contributed by atoms with Crippen LogP contribution in [-0.2, 0) is 24.8 Å². The number of halogens is 1. The maximum absolute atomic E-state index is 12.1. The molecule has 1 N–H and O–H groups in total. The first-order chi connectivity index (χ1) is 11.1. The summed E-state index contributed by atoms with van der Waals surface area (Å²) in [5.74, 6) is 0.0629. The third-order valence-corrected chi connectivity index (χ3v) is 4.26. The SMILES string of the molecule is Cn1cc(CCC(=O)NCc2ccc(Cl)cc2)c2ccccc21. The number of rotatable bonds is 5. The lowest BCUT2D eigenvalue weighted by Crippen LogP contribution is -2.22. The summed E-state index contributed by atoms with van der Waals surface area (Å²) in [6, 6.07) is 15.8. The van der Waals surface area contributed by atoms with E-state index in [2.05, 4.69) is 28.2 Å². The average Bonchev–Trinajstić information content (AvgIpc) is 2.89. The van der Waals surface area contributed by atoms with Gasteiger partial charge in [0, 0.05) is 42.1 Å². The van der Waals surface area contributed by atoms with Crippen molar-refractivity contribution in [3.63, 3.8) is 0 Å². The molecule has 3 aromatic rings. The fraction of sp³-hybridized carbons (Fsp3) is 0.211. The Balaban J connectivity index is 1.57. The molecular formula is C19H19ClN2O. The summed E-state index contributed by atoms with van der Waals surface area (Å²) in [5.41, 5.74) is 3.46. The normalized spacial score (nSPS) is 10.9. The lowest BCUT2D eigenvalue weighted by molar-refractivity contribution is -0.121. The highest BCUT2D eigenvalue weighted by molar-refractivity contribution is 6.30. The lowest BCUT2D eigenvalue weighted by Gasteiger charge is -2.05. The second-order valence-corrected chi connectivity index (χ2v) is 6.12. The van der Waals surface area contributed by atoms with Crippen molar-refractivity contribution in [2.24, 2.45) is 7.05 Å². The zero-order valence-corrected chi connectivity index (χ0v) is 13.8. The molecule has 1 aromatic heterocycles. The monoisotopic (exact) mass is 326 g/mol. The van der Waals surface area contributed by atoms with Crippen LogP contribution in [0.2, 0.25) is 5.02 Å². The van der Waals surface area contributed by atoms with Gasteiger partial charge in [0.05, 0.1) is 0 Å². The Bertz CT molecular complexity index is 821. The number of aromatic nitrogens is 1. The van der Waals surface area contributed by atoms with Crippen LogP contribution in [0.3, 0.4) is 0 Å². The molecule has 3 nitrogen and oxygen atoms in total. The Morgan fingerprint density at radius 1 is 1.13 bits per heavy atom. The highest BCUT2D eigenvalue weighted by atomic mass is 35.5. The number of hydrogen-bond acceptors (Lipinski definition) is 1. The number of para-hydroxylation sites is 1. The molecule has 0 fully saturated rings. The molecule has 0 spiro atoms. The maximum Gasteiger partial charge on any atom is 0.220 e. The number of carbonyl (C=O) groups excluding carboxylic acids is 1. The zero-order chi connectivity index (χ0) is 16.2. The first kappa shape index (κ1) is 15.6. The van der Waals surface area contributed by atoms with Crippen molar-refractivity contribution in [2.75, 3.05) is 0 Å². The first-order valence-corrected chi connectivity index (χ1v) is 8.05. The molecular weight excluding hydrogens is 308 g/mol. The minimum atomic E-state index is 0.0629. The second-order valence-electron chi connectivity index (χ2n) is 5.69. The summed E-state index contributed by atoms with van der Waals surface area (Å²) < 4.78 is 2.11. The Labute approximate surface area is 140 Å². The third-order valence-electron chi connectivity index (χ3n) is 4.00. The molecule has 0 atom stereocenters. The van der Waals surface area contributed by atoms with Crippen LogP contribution in [0.25, 0.3) is 10.9 Å². The zero-order valence-electron chi connectivity index (χ0n) is 13.1. The molecule has 0 saturated heterocycles. The fourth-order valence-electron chi connectivity index (χ4n) is 2.76. The van der Waals surface area contributed by atoms with Gasteiger partial charge in [0.25, 0.3) is 0 Å². The molecule has 1 amide bonds. The van der Waals surface area contributed by atoms with E-state index in [0.717, 1.165) is 12.0 Å². The number of benzene rings is 2. The van der Waals surface area contributed by atoms with Gasteiger partial charge in [-0.05, 0) is 35.7 Å². The number of hydrogen-bond donors (Lipinski definition) is 1. The number of aryl methyl sites for hydroxylation is 2. The third kappa shape index (κ3) is 3.74. The Morgan fingerprint density at radius 3 is 2.65 bits per heavy atom. The van der Waals surface area contributed by atoms with E-state index in [4.69, 9.17) is 11.6 Å². The number of carbonyl (C=O) groups is 1. The van der Waals surface area contributed by atoms with Crippen molar-refractivity contribution in [1.82, 2.24) is 9.88 Å². The van der Waals surface area contributed by atoms with Gasteiger partial charge in [-0.25, -0.2) is 0 Å². The predicted molar refractivity (Wildman–Crippen MR) is 94.5 cm³/mol. The predicted octanol–water partition coefficient (Wildman–Crippen LogP) is 4.08.